The zero-order valence-electron chi connectivity index (χ0n) is 16.9. The van der Waals surface area contributed by atoms with Gasteiger partial charge in [-0.25, -0.2) is 8.42 Å². The number of quaternary nitrogens is 1. The molecule has 2 aliphatic heterocycles. The molecule has 0 aromatic heterocycles. The van der Waals surface area contributed by atoms with Crippen LogP contribution in [0.3, 0.4) is 0 Å². The summed E-state index contributed by atoms with van der Waals surface area (Å²) in [5.41, 5.74) is 0.161. The summed E-state index contributed by atoms with van der Waals surface area (Å²) in [6, 6.07) is 4.16. The molecule has 2 N–H and O–H groups in total. The Hall–Kier alpha value is -1.75. The van der Waals surface area contributed by atoms with Crippen LogP contribution in [0, 0.1) is 16.0 Å². The molecule has 2 saturated heterocycles. The van der Waals surface area contributed by atoms with Crippen molar-refractivity contribution in [3.05, 3.63) is 28.3 Å². The Labute approximate surface area is 172 Å². The number of rotatable bonds is 8. The van der Waals surface area contributed by atoms with Gasteiger partial charge in [-0.2, -0.15) is 4.31 Å². The van der Waals surface area contributed by atoms with Gasteiger partial charge >= 0.3 is 0 Å². The van der Waals surface area contributed by atoms with E-state index in [9.17, 15) is 18.5 Å². The zero-order chi connectivity index (χ0) is 20.9. The largest absolute Gasteiger partial charge is 0.379 e. The summed E-state index contributed by atoms with van der Waals surface area (Å²) in [6.45, 7) is 8.13. The number of hydrogen-bond donors (Lipinski definition) is 2. The molecule has 0 unspecified atom stereocenters. The van der Waals surface area contributed by atoms with Crippen molar-refractivity contribution in [2.24, 2.45) is 5.92 Å². The van der Waals surface area contributed by atoms with E-state index in [2.05, 4.69) is 12.2 Å². The molecule has 9 nitrogen and oxygen atoms in total. The number of nitrogens with zero attached hydrogens (tertiary/aromatic N) is 2. The van der Waals surface area contributed by atoms with Gasteiger partial charge in [0, 0.05) is 32.1 Å². The molecule has 1 aromatic carbocycles. The average Bonchev–Trinajstić information content (AvgIpc) is 2.72. The molecule has 0 amide bonds. The Balaban J connectivity index is 1.64. The van der Waals surface area contributed by atoms with Crippen molar-refractivity contribution in [2.75, 3.05) is 57.8 Å². The van der Waals surface area contributed by atoms with E-state index < -0.39 is 14.9 Å². The summed E-state index contributed by atoms with van der Waals surface area (Å²) in [5, 5.41) is 14.6. The van der Waals surface area contributed by atoms with Gasteiger partial charge in [0.05, 0.1) is 29.6 Å². The van der Waals surface area contributed by atoms with Crippen LogP contribution >= 0.6 is 0 Å². The quantitative estimate of drug-likeness (QED) is 0.360. The van der Waals surface area contributed by atoms with Crippen LogP contribution < -0.4 is 10.2 Å². The fourth-order valence-electron chi connectivity index (χ4n) is 3.82. The highest BCUT2D eigenvalue weighted by molar-refractivity contribution is 7.89. The third kappa shape index (κ3) is 5.65. The van der Waals surface area contributed by atoms with Crippen molar-refractivity contribution in [3.8, 4) is 0 Å². The van der Waals surface area contributed by atoms with Gasteiger partial charge in [-0.05, 0) is 30.9 Å². The van der Waals surface area contributed by atoms with E-state index in [1.807, 2.05) is 0 Å². The van der Waals surface area contributed by atoms with E-state index in [4.69, 9.17) is 4.74 Å². The maximum absolute atomic E-state index is 12.9. The molecule has 0 radical (unpaired) electrons. The van der Waals surface area contributed by atoms with Gasteiger partial charge in [0.25, 0.3) is 5.69 Å². The lowest BCUT2D eigenvalue weighted by Crippen LogP contribution is -3.14. The number of nitro benzene ring substituents is 1. The smallest absolute Gasteiger partial charge is 0.293 e. The molecule has 1 aromatic rings. The average molecular weight is 428 g/mol. The van der Waals surface area contributed by atoms with Crippen LogP contribution in [-0.4, -0.2) is 70.1 Å². The SMILES string of the molecule is CC1CCN(S(=O)(=O)c2ccc(NCCC[NH+]3CCOCC3)c([N+](=O)[O-])c2)CC1. The van der Waals surface area contributed by atoms with Gasteiger partial charge in [-0.15, -0.1) is 0 Å². The first-order chi connectivity index (χ1) is 13.9. The minimum atomic E-state index is -3.71. The van der Waals surface area contributed by atoms with Gasteiger partial charge < -0.3 is 15.0 Å². The van der Waals surface area contributed by atoms with Crippen molar-refractivity contribution < 1.29 is 23.0 Å². The summed E-state index contributed by atoms with van der Waals surface area (Å²) in [7, 11) is -3.71. The lowest BCUT2D eigenvalue weighted by atomic mass is 10.0. The number of hydrogen-bond acceptors (Lipinski definition) is 6. The van der Waals surface area contributed by atoms with Crippen LogP contribution in [0.2, 0.25) is 0 Å². The number of anilines is 1. The Morgan fingerprint density at radius 1 is 1.28 bits per heavy atom. The van der Waals surface area contributed by atoms with E-state index in [-0.39, 0.29) is 10.6 Å². The van der Waals surface area contributed by atoms with Crippen molar-refractivity contribution in [1.82, 2.24) is 4.31 Å². The van der Waals surface area contributed by atoms with Gasteiger partial charge in [0.1, 0.15) is 18.8 Å². The molecule has 0 saturated carbocycles. The summed E-state index contributed by atoms with van der Waals surface area (Å²) >= 11 is 0. The number of nitro groups is 1. The number of sulfonamides is 1. The van der Waals surface area contributed by atoms with Crippen molar-refractivity contribution >= 4 is 21.4 Å². The second-order valence-corrected chi connectivity index (χ2v) is 9.85. The van der Waals surface area contributed by atoms with Crippen LogP contribution in [0.4, 0.5) is 11.4 Å². The van der Waals surface area contributed by atoms with Gasteiger partial charge in [0.2, 0.25) is 10.0 Å². The van der Waals surface area contributed by atoms with E-state index in [0.29, 0.717) is 31.2 Å². The molecule has 162 valence electrons. The number of piperidine rings is 1. The maximum atomic E-state index is 12.9. The number of morpholine rings is 1. The fraction of sp³-hybridized carbons (Fsp3) is 0.684. The molecule has 2 aliphatic rings. The molecule has 0 bridgehead atoms. The third-order valence-electron chi connectivity index (χ3n) is 5.77. The second kappa shape index (κ2) is 9.84. The first-order valence-electron chi connectivity index (χ1n) is 10.3. The normalized spacial score (nSPS) is 19.9. The molecule has 29 heavy (non-hydrogen) atoms. The lowest BCUT2D eigenvalue weighted by molar-refractivity contribution is -0.908. The number of benzene rings is 1. The van der Waals surface area contributed by atoms with Gasteiger partial charge in [-0.3, -0.25) is 10.1 Å². The summed E-state index contributed by atoms with van der Waals surface area (Å²) in [5.74, 6) is 0.502. The maximum Gasteiger partial charge on any atom is 0.293 e. The summed E-state index contributed by atoms with van der Waals surface area (Å²) in [6.07, 6.45) is 2.50. The predicted molar refractivity (Wildman–Crippen MR) is 110 cm³/mol. The van der Waals surface area contributed by atoms with Crippen LogP contribution in [0.15, 0.2) is 23.1 Å². The molecule has 2 fully saturated rings. The van der Waals surface area contributed by atoms with E-state index in [1.54, 1.807) is 0 Å². The predicted octanol–water partition coefficient (Wildman–Crippen LogP) is 0.733. The summed E-state index contributed by atoms with van der Waals surface area (Å²) < 4.78 is 32.5. The molecule has 0 spiro atoms. The molecular formula is C19H31N4O5S+. The number of nitrogens with one attached hydrogen (secondary N) is 2. The van der Waals surface area contributed by atoms with Crippen LogP contribution in [0.25, 0.3) is 0 Å². The first-order valence-corrected chi connectivity index (χ1v) is 11.8. The lowest BCUT2D eigenvalue weighted by Gasteiger charge is -2.29. The van der Waals surface area contributed by atoms with Crippen molar-refractivity contribution in [2.45, 2.75) is 31.1 Å². The summed E-state index contributed by atoms with van der Waals surface area (Å²) in [4.78, 5) is 12.5. The highest BCUT2D eigenvalue weighted by Gasteiger charge is 2.30. The van der Waals surface area contributed by atoms with Crippen LogP contribution in [0.1, 0.15) is 26.2 Å². The fourth-order valence-corrected chi connectivity index (χ4v) is 5.31. The van der Waals surface area contributed by atoms with Gasteiger partial charge in [0.15, 0.2) is 0 Å². The monoisotopic (exact) mass is 427 g/mol. The molecule has 10 heteroatoms. The molecule has 0 atom stereocenters. The Kier molecular flexibility index (Phi) is 7.44. The molecule has 0 aliphatic carbocycles. The van der Waals surface area contributed by atoms with Gasteiger partial charge in [-0.1, -0.05) is 6.92 Å². The topological polar surface area (TPSA) is 106 Å². The molecular weight excluding hydrogens is 396 g/mol. The Morgan fingerprint density at radius 2 is 1.97 bits per heavy atom. The van der Waals surface area contributed by atoms with Crippen molar-refractivity contribution in [3.63, 3.8) is 0 Å². The van der Waals surface area contributed by atoms with E-state index in [0.717, 1.165) is 52.1 Å². The van der Waals surface area contributed by atoms with E-state index >= 15 is 0 Å². The standard InChI is InChI=1S/C19H30N4O5S/c1-16-5-9-22(10-6-16)29(26,27)17-3-4-18(19(15-17)23(24)25)20-7-2-8-21-11-13-28-14-12-21/h3-4,15-16,20H,2,5-14H2,1H3/p+1. The van der Waals surface area contributed by atoms with Crippen molar-refractivity contribution in [1.29, 1.82) is 0 Å². The molecule has 2 heterocycles. The zero-order valence-corrected chi connectivity index (χ0v) is 17.7. The molecule has 3 rings (SSSR count). The number of ether oxygens (including phenoxy) is 1. The van der Waals surface area contributed by atoms with Crippen LogP contribution in [-0.2, 0) is 14.8 Å². The minimum absolute atomic E-state index is 0.0120. The first kappa shape index (κ1) is 21.9. The highest BCUT2D eigenvalue weighted by Crippen LogP contribution is 2.30. The van der Waals surface area contributed by atoms with Crippen LogP contribution in [0.5, 0.6) is 0 Å². The van der Waals surface area contributed by atoms with E-state index in [1.165, 1.54) is 27.4 Å². The Bertz CT molecular complexity index is 803. The Morgan fingerprint density at radius 3 is 2.62 bits per heavy atom. The third-order valence-corrected chi connectivity index (χ3v) is 7.66. The minimum Gasteiger partial charge on any atom is -0.379 e. The highest BCUT2D eigenvalue weighted by atomic mass is 32.2. The second-order valence-electron chi connectivity index (χ2n) is 7.92.